The lowest BCUT2D eigenvalue weighted by Gasteiger charge is -2.19. The predicted octanol–water partition coefficient (Wildman–Crippen LogP) is 2.10. The molecule has 1 heterocycles. The van der Waals surface area contributed by atoms with Crippen LogP contribution in [0.3, 0.4) is 0 Å². The molecule has 1 unspecified atom stereocenters. The zero-order valence-electron chi connectivity index (χ0n) is 13.6. The molecule has 0 bridgehead atoms. The molecule has 1 rings (SSSR count). The van der Waals surface area contributed by atoms with Crippen molar-refractivity contribution < 1.29 is 4.79 Å². The number of thioether (sulfide) groups is 1. The van der Waals surface area contributed by atoms with E-state index in [1.807, 2.05) is 11.5 Å². The van der Waals surface area contributed by atoms with Gasteiger partial charge in [-0.2, -0.15) is 0 Å². The number of hydrogen-bond donors (Lipinski definition) is 2. The molecule has 1 aromatic heterocycles. The fourth-order valence-corrected chi connectivity index (χ4v) is 3.08. The summed E-state index contributed by atoms with van der Waals surface area (Å²) >= 11 is 1.43. The Morgan fingerprint density at radius 3 is 2.38 bits per heavy atom. The van der Waals surface area contributed by atoms with E-state index < -0.39 is 0 Å². The second kappa shape index (κ2) is 8.38. The summed E-state index contributed by atoms with van der Waals surface area (Å²) in [4.78, 5) is 12.2. The van der Waals surface area contributed by atoms with Crippen LogP contribution < -0.4 is 11.1 Å². The number of nitrogens with one attached hydrogen (secondary N) is 1. The average Bonchev–Trinajstić information content (AvgIpc) is 2.87. The smallest absolute Gasteiger partial charge is 0.233 e. The highest BCUT2D eigenvalue weighted by Crippen LogP contribution is 2.25. The maximum Gasteiger partial charge on any atom is 0.233 e. The van der Waals surface area contributed by atoms with E-state index in [-0.39, 0.29) is 23.2 Å². The van der Waals surface area contributed by atoms with Gasteiger partial charge in [0, 0.05) is 12.1 Å². The Kier molecular flexibility index (Phi) is 7.17. The Balaban J connectivity index is 2.76. The second-order valence-corrected chi connectivity index (χ2v) is 6.66. The second-order valence-electron chi connectivity index (χ2n) is 5.35. The predicted molar refractivity (Wildman–Crippen MR) is 86.1 cm³/mol. The maximum absolute atomic E-state index is 12.2. The molecular formula is C14H27N5OS. The molecule has 6 nitrogen and oxygen atoms in total. The summed E-state index contributed by atoms with van der Waals surface area (Å²) < 4.78 is 1.99. The number of aromatic nitrogens is 3. The fraction of sp³-hybridized carbons (Fsp3) is 0.786. The highest BCUT2D eigenvalue weighted by molar-refractivity contribution is 8.00. The standard InChI is InChI=1S/C14H27N5OS/c1-6-11(7-2)16-13(20)10(5)21-14-18-17-12(8-15)19(14)9(3)4/h9-11H,6-8,15H2,1-5H3,(H,16,20). The van der Waals surface area contributed by atoms with Crippen LogP contribution in [-0.2, 0) is 11.3 Å². The Bertz CT molecular complexity index is 456. The Morgan fingerprint density at radius 2 is 1.90 bits per heavy atom. The molecule has 120 valence electrons. The Hall–Kier alpha value is -1.08. The van der Waals surface area contributed by atoms with Crippen molar-refractivity contribution in [2.75, 3.05) is 0 Å². The molecule has 0 fully saturated rings. The summed E-state index contributed by atoms with van der Waals surface area (Å²) in [5.41, 5.74) is 5.68. The van der Waals surface area contributed by atoms with Crippen LogP contribution in [0.5, 0.6) is 0 Å². The Morgan fingerprint density at radius 1 is 1.29 bits per heavy atom. The summed E-state index contributed by atoms with van der Waals surface area (Å²) in [6.07, 6.45) is 1.89. The van der Waals surface area contributed by atoms with E-state index >= 15 is 0 Å². The molecule has 1 amide bonds. The van der Waals surface area contributed by atoms with E-state index in [2.05, 4.69) is 43.2 Å². The van der Waals surface area contributed by atoms with Crippen LogP contribution in [0.4, 0.5) is 0 Å². The number of nitrogens with two attached hydrogens (primary N) is 1. The van der Waals surface area contributed by atoms with Gasteiger partial charge >= 0.3 is 0 Å². The molecule has 0 aliphatic carbocycles. The van der Waals surface area contributed by atoms with Crippen molar-refractivity contribution in [3.63, 3.8) is 0 Å². The van der Waals surface area contributed by atoms with Crippen LogP contribution >= 0.6 is 11.8 Å². The lowest BCUT2D eigenvalue weighted by Crippen LogP contribution is -2.38. The maximum atomic E-state index is 12.2. The number of rotatable bonds is 8. The number of carbonyl (C=O) groups excluding carboxylic acids is 1. The molecule has 1 aromatic rings. The van der Waals surface area contributed by atoms with Crippen LogP contribution in [0, 0.1) is 0 Å². The molecule has 7 heteroatoms. The largest absolute Gasteiger partial charge is 0.352 e. The van der Waals surface area contributed by atoms with Gasteiger partial charge in [0.1, 0.15) is 5.82 Å². The van der Waals surface area contributed by atoms with E-state index in [1.54, 1.807) is 0 Å². The van der Waals surface area contributed by atoms with Crippen molar-refractivity contribution in [1.82, 2.24) is 20.1 Å². The van der Waals surface area contributed by atoms with Crippen LogP contribution in [-0.4, -0.2) is 32.0 Å². The van der Waals surface area contributed by atoms with Crippen molar-refractivity contribution in [1.29, 1.82) is 0 Å². The molecule has 0 aromatic carbocycles. The van der Waals surface area contributed by atoms with Gasteiger partial charge in [-0.05, 0) is 33.6 Å². The highest BCUT2D eigenvalue weighted by atomic mass is 32.2. The summed E-state index contributed by atoms with van der Waals surface area (Å²) in [6.45, 7) is 10.5. The third-order valence-corrected chi connectivity index (χ3v) is 4.47. The topological polar surface area (TPSA) is 85.8 Å². The molecular weight excluding hydrogens is 286 g/mol. The van der Waals surface area contributed by atoms with Gasteiger partial charge < -0.3 is 15.6 Å². The van der Waals surface area contributed by atoms with Gasteiger partial charge in [0.05, 0.1) is 11.8 Å². The third-order valence-electron chi connectivity index (χ3n) is 3.42. The van der Waals surface area contributed by atoms with Gasteiger partial charge in [-0.3, -0.25) is 4.79 Å². The lowest BCUT2D eigenvalue weighted by atomic mass is 10.2. The zero-order chi connectivity index (χ0) is 16.0. The quantitative estimate of drug-likeness (QED) is 0.718. The average molecular weight is 313 g/mol. The summed E-state index contributed by atoms with van der Waals surface area (Å²) in [5, 5.41) is 11.9. The number of hydrogen-bond acceptors (Lipinski definition) is 5. The van der Waals surface area contributed by atoms with E-state index in [9.17, 15) is 4.79 Å². The first-order chi connectivity index (χ1) is 9.94. The number of amides is 1. The minimum absolute atomic E-state index is 0.0429. The first kappa shape index (κ1) is 18.0. The number of carbonyl (C=O) groups is 1. The first-order valence-corrected chi connectivity index (χ1v) is 8.43. The third kappa shape index (κ3) is 4.71. The van der Waals surface area contributed by atoms with Gasteiger partial charge in [0.15, 0.2) is 5.16 Å². The molecule has 0 radical (unpaired) electrons. The molecule has 0 saturated heterocycles. The Labute approximate surface area is 131 Å². The molecule has 0 aliphatic heterocycles. The van der Waals surface area contributed by atoms with Crippen molar-refractivity contribution in [3.05, 3.63) is 5.82 Å². The molecule has 0 spiro atoms. The van der Waals surface area contributed by atoms with E-state index in [1.165, 1.54) is 11.8 Å². The van der Waals surface area contributed by atoms with Crippen LogP contribution in [0.15, 0.2) is 5.16 Å². The van der Waals surface area contributed by atoms with Crippen molar-refractivity contribution in [3.8, 4) is 0 Å². The van der Waals surface area contributed by atoms with Gasteiger partial charge in [-0.15, -0.1) is 10.2 Å². The normalized spacial score (nSPS) is 13.0. The van der Waals surface area contributed by atoms with Gasteiger partial charge in [-0.25, -0.2) is 0 Å². The monoisotopic (exact) mass is 313 g/mol. The number of nitrogens with zero attached hydrogens (tertiary/aromatic N) is 3. The summed E-state index contributed by atoms with van der Waals surface area (Å²) in [5.74, 6) is 0.793. The van der Waals surface area contributed by atoms with Gasteiger partial charge in [0.25, 0.3) is 0 Å². The van der Waals surface area contributed by atoms with Crippen LogP contribution in [0.25, 0.3) is 0 Å². The van der Waals surface area contributed by atoms with Gasteiger partial charge in [-0.1, -0.05) is 25.6 Å². The van der Waals surface area contributed by atoms with E-state index in [4.69, 9.17) is 5.73 Å². The van der Waals surface area contributed by atoms with Gasteiger partial charge in [0.2, 0.25) is 5.91 Å². The van der Waals surface area contributed by atoms with Crippen molar-refractivity contribution in [2.45, 2.75) is 76.5 Å². The summed E-state index contributed by atoms with van der Waals surface area (Å²) in [6, 6.07) is 0.457. The van der Waals surface area contributed by atoms with E-state index in [0.29, 0.717) is 6.54 Å². The fourth-order valence-electron chi connectivity index (χ4n) is 2.07. The SMILES string of the molecule is CCC(CC)NC(=O)C(C)Sc1nnc(CN)n1C(C)C. The molecule has 21 heavy (non-hydrogen) atoms. The molecule has 1 atom stereocenters. The van der Waals surface area contributed by atoms with Crippen molar-refractivity contribution >= 4 is 17.7 Å². The lowest BCUT2D eigenvalue weighted by molar-refractivity contribution is -0.121. The highest BCUT2D eigenvalue weighted by Gasteiger charge is 2.22. The van der Waals surface area contributed by atoms with Crippen LogP contribution in [0.2, 0.25) is 0 Å². The molecule has 0 saturated carbocycles. The first-order valence-electron chi connectivity index (χ1n) is 7.55. The summed E-state index contributed by atoms with van der Waals surface area (Å²) in [7, 11) is 0. The zero-order valence-corrected chi connectivity index (χ0v) is 14.4. The van der Waals surface area contributed by atoms with Crippen LogP contribution in [0.1, 0.15) is 59.3 Å². The minimum atomic E-state index is -0.210. The minimum Gasteiger partial charge on any atom is -0.352 e. The van der Waals surface area contributed by atoms with Crippen molar-refractivity contribution in [2.24, 2.45) is 5.73 Å². The van der Waals surface area contributed by atoms with E-state index in [0.717, 1.165) is 23.8 Å². The molecule has 0 aliphatic rings. The molecule has 3 N–H and O–H groups in total.